The zero-order chi connectivity index (χ0) is 28.1. The normalized spacial score (nSPS) is 25.6. The monoisotopic (exact) mass is 574 g/mol. The van der Waals surface area contributed by atoms with E-state index in [1.807, 2.05) is 24.5 Å². The zero-order valence-corrected chi connectivity index (χ0v) is 24.6. The van der Waals surface area contributed by atoms with Gasteiger partial charge in [0, 0.05) is 41.6 Å². The number of nitrogens with one attached hydrogen (secondary N) is 1. The predicted molar refractivity (Wildman–Crippen MR) is 153 cm³/mol. The van der Waals surface area contributed by atoms with Crippen molar-refractivity contribution in [2.75, 3.05) is 37.3 Å². The summed E-state index contributed by atoms with van der Waals surface area (Å²) in [5.74, 6) is -0.282. The molecule has 1 saturated carbocycles. The molecule has 3 N–H and O–H groups in total. The SMILES string of the molecule is CC1(C)Cc2c(c3c(n2-c2cc(F)c(CN)c(NC4CCC(OCCN5CCCC5)CC4)c2)COC3)S(=O)(=O)C1. The van der Waals surface area contributed by atoms with Crippen molar-refractivity contribution >= 4 is 15.5 Å². The van der Waals surface area contributed by atoms with Crippen LogP contribution in [0.1, 0.15) is 74.9 Å². The average Bonchev–Trinajstić information content (AvgIpc) is 3.61. The number of nitrogens with two attached hydrogens (primary N) is 1. The molecule has 4 heterocycles. The van der Waals surface area contributed by atoms with Crippen LogP contribution >= 0.6 is 0 Å². The van der Waals surface area contributed by atoms with E-state index in [9.17, 15) is 8.42 Å². The first-order valence-corrected chi connectivity index (χ1v) is 16.5. The number of halogens is 1. The van der Waals surface area contributed by atoms with Crippen molar-refractivity contribution in [2.24, 2.45) is 11.1 Å². The topological polar surface area (TPSA) is 98.8 Å². The van der Waals surface area contributed by atoms with Gasteiger partial charge in [0.2, 0.25) is 0 Å². The Morgan fingerprint density at radius 2 is 1.88 bits per heavy atom. The minimum atomic E-state index is -3.48. The summed E-state index contributed by atoms with van der Waals surface area (Å²) < 4.78 is 56.1. The molecule has 0 bridgehead atoms. The van der Waals surface area contributed by atoms with Crippen LogP contribution in [0.2, 0.25) is 0 Å². The lowest BCUT2D eigenvalue weighted by atomic mass is 9.89. The lowest BCUT2D eigenvalue weighted by Gasteiger charge is -2.32. The van der Waals surface area contributed by atoms with E-state index < -0.39 is 15.3 Å². The quantitative estimate of drug-likeness (QED) is 0.485. The van der Waals surface area contributed by atoms with Gasteiger partial charge in [-0.15, -0.1) is 0 Å². The van der Waals surface area contributed by atoms with Gasteiger partial charge in [-0.25, -0.2) is 12.8 Å². The van der Waals surface area contributed by atoms with Crippen LogP contribution < -0.4 is 11.1 Å². The molecule has 3 aliphatic heterocycles. The second kappa shape index (κ2) is 11.0. The van der Waals surface area contributed by atoms with Gasteiger partial charge in [0.1, 0.15) is 5.82 Å². The van der Waals surface area contributed by atoms with Crippen molar-refractivity contribution in [1.82, 2.24) is 9.47 Å². The number of anilines is 1. The van der Waals surface area contributed by atoms with Crippen LogP contribution in [-0.4, -0.2) is 62.0 Å². The number of hydrogen-bond donors (Lipinski definition) is 2. The van der Waals surface area contributed by atoms with E-state index in [1.54, 1.807) is 0 Å². The maximum atomic E-state index is 15.6. The second-order valence-corrected chi connectivity index (χ2v) is 14.8. The summed E-state index contributed by atoms with van der Waals surface area (Å²) in [6, 6.07) is 3.63. The van der Waals surface area contributed by atoms with Gasteiger partial charge < -0.3 is 30.0 Å². The Morgan fingerprint density at radius 1 is 1.12 bits per heavy atom. The van der Waals surface area contributed by atoms with Gasteiger partial charge in [0.15, 0.2) is 9.84 Å². The molecule has 2 fully saturated rings. The minimum absolute atomic E-state index is 0.0792. The molecule has 1 aromatic heterocycles. The summed E-state index contributed by atoms with van der Waals surface area (Å²) in [5, 5.41) is 3.60. The van der Waals surface area contributed by atoms with Crippen LogP contribution in [0.15, 0.2) is 17.0 Å². The first-order chi connectivity index (χ1) is 19.1. The Bertz CT molecular complexity index is 1360. The number of aromatic nitrogens is 1. The van der Waals surface area contributed by atoms with Gasteiger partial charge in [-0.1, -0.05) is 13.8 Å². The van der Waals surface area contributed by atoms with Crippen molar-refractivity contribution in [2.45, 2.75) is 95.6 Å². The molecular weight excluding hydrogens is 531 g/mol. The third-order valence-corrected chi connectivity index (χ3v) is 11.3. The average molecular weight is 575 g/mol. The lowest BCUT2D eigenvalue weighted by molar-refractivity contribution is 0.0170. The van der Waals surface area contributed by atoms with Crippen LogP contribution in [-0.2, 0) is 45.5 Å². The maximum absolute atomic E-state index is 15.6. The molecular formula is C30H43FN4O4S. The van der Waals surface area contributed by atoms with E-state index in [0.717, 1.165) is 55.8 Å². The molecule has 8 nitrogen and oxygen atoms in total. The molecule has 2 aromatic rings. The molecule has 40 heavy (non-hydrogen) atoms. The Balaban J connectivity index is 1.23. The molecule has 1 aliphatic carbocycles. The van der Waals surface area contributed by atoms with Crippen molar-refractivity contribution in [3.8, 4) is 5.69 Å². The highest BCUT2D eigenvalue weighted by Gasteiger charge is 2.43. The Morgan fingerprint density at radius 3 is 2.60 bits per heavy atom. The molecule has 10 heteroatoms. The van der Waals surface area contributed by atoms with Crippen molar-refractivity contribution in [3.63, 3.8) is 0 Å². The highest BCUT2D eigenvalue weighted by atomic mass is 32.2. The highest BCUT2D eigenvalue weighted by molar-refractivity contribution is 7.91. The van der Waals surface area contributed by atoms with Crippen molar-refractivity contribution in [3.05, 3.63) is 40.5 Å². The van der Waals surface area contributed by atoms with Gasteiger partial charge >= 0.3 is 0 Å². The number of hydrogen-bond acceptors (Lipinski definition) is 7. The van der Waals surface area contributed by atoms with Gasteiger partial charge in [-0.2, -0.15) is 0 Å². The van der Waals surface area contributed by atoms with E-state index in [-0.39, 0.29) is 36.9 Å². The summed E-state index contributed by atoms with van der Waals surface area (Å²) in [6.07, 6.45) is 7.29. The fraction of sp³-hybridized carbons (Fsp3) is 0.667. The van der Waals surface area contributed by atoms with Gasteiger partial charge in [0.25, 0.3) is 0 Å². The highest BCUT2D eigenvalue weighted by Crippen LogP contribution is 2.44. The molecule has 220 valence electrons. The summed E-state index contributed by atoms with van der Waals surface area (Å²) in [5.41, 5.74) is 9.63. The number of sulfone groups is 1. The molecule has 1 saturated heterocycles. The van der Waals surface area contributed by atoms with Crippen LogP contribution in [0.5, 0.6) is 0 Å². The smallest absolute Gasteiger partial charge is 0.181 e. The standard InChI is InChI=1S/C30H43FN4O4S/c1-30(2)15-27-29(40(36,37)19-30)24-17-38-18-28(24)35(27)21-13-25(31)23(16-32)26(14-21)33-20-5-7-22(8-6-20)39-12-11-34-9-3-4-10-34/h13-14,20,22,33H,3-12,15-19,32H2,1-2H3. The van der Waals surface area contributed by atoms with Crippen molar-refractivity contribution in [1.29, 1.82) is 0 Å². The van der Waals surface area contributed by atoms with Crippen molar-refractivity contribution < 1.29 is 22.3 Å². The molecule has 0 atom stereocenters. The third kappa shape index (κ3) is 5.45. The summed E-state index contributed by atoms with van der Waals surface area (Å²) in [4.78, 5) is 2.86. The number of benzene rings is 1. The first kappa shape index (κ1) is 28.2. The fourth-order valence-corrected chi connectivity index (χ4v) is 9.57. The number of nitrogens with zero attached hydrogens (tertiary/aromatic N) is 2. The number of ether oxygens (including phenoxy) is 2. The van der Waals surface area contributed by atoms with E-state index >= 15 is 4.39 Å². The number of rotatable bonds is 8. The fourth-order valence-electron chi connectivity index (χ4n) is 7.22. The Hall–Kier alpha value is -1.98. The molecule has 0 unspecified atom stereocenters. The van der Waals surface area contributed by atoms with E-state index in [0.29, 0.717) is 34.9 Å². The maximum Gasteiger partial charge on any atom is 0.181 e. The molecule has 1 aromatic carbocycles. The minimum Gasteiger partial charge on any atom is -0.382 e. The third-order valence-electron chi connectivity index (χ3n) is 9.08. The van der Waals surface area contributed by atoms with E-state index in [1.165, 1.54) is 32.0 Å². The summed E-state index contributed by atoms with van der Waals surface area (Å²) in [6.45, 7) is 8.78. The molecule has 4 aliphatic rings. The number of fused-ring (bicyclic) bond motifs is 3. The van der Waals surface area contributed by atoms with Gasteiger partial charge in [-0.05, 0) is 75.6 Å². The molecule has 0 radical (unpaired) electrons. The van der Waals surface area contributed by atoms with E-state index in [4.69, 9.17) is 15.2 Å². The predicted octanol–water partition coefficient (Wildman–Crippen LogP) is 4.30. The summed E-state index contributed by atoms with van der Waals surface area (Å²) >= 11 is 0. The second-order valence-electron chi connectivity index (χ2n) is 12.8. The van der Waals surface area contributed by atoms with Crippen LogP contribution in [0.4, 0.5) is 10.1 Å². The first-order valence-electron chi connectivity index (χ1n) is 14.8. The van der Waals surface area contributed by atoms with E-state index in [2.05, 4.69) is 10.2 Å². The van der Waals surface area contributed by atoms with Crippen LogP contribution in [0.3, 0.4) is 0 Å². The molecule has 0 amide bonds. The van der Waals surface area contributed by atoms with Gasteiger partial charge in [0.05, 0.1) is 48.0 Å². The Labute approximate surface area is 237 Å². The number of likely N-dealkylation sites (tertiary alicyclic amines) is 1. The summed E-state index contributed by atoms with van der Waals surface area (Å²) in [7, 11) is -3.48. The molecule has 0 spiro atoms. The van der Waals surface area contributed by atoms with Crippen LogP contribution in [0.25, 0.3) is 5.69 Å². The molecule has 6 rings (SSSR count). The van der Waals surface area contributed by atoms with Crippen LogP contribution in [0, 0.1) is 11.2 Å². The van der Waals surface area contributed by atoms with Gasteiger partial charge in [-0.3, -0.25) is 0 Å². The largest absolute Gasteiger partial charge is 0.382 e. The Kier molecular flexibility index (Phi) is 7.76. The lowest BCUT2D eigenvalue weighted by Crippen LogP contribution is -2.33. The zero-order valence-electron chi connectivity index (χ0n) is 23.8.